The van der Waals surface area contributed by atoms with Gasteiger partial charge in [0.15, 0.2) is 0 Å². The number of ketones is 1. The molecule has 0 amide bonds. The van der Waals surface area contributed by atoms with Crippen molar-refractivity contribution < 1.29 is 32.6 Å². The third kappa shape index (κ3) is 3.93. The maximum atomic E-state index is 13.5. The zero-order valence-corrected chi connectivity index (χ0v) is 18.5. The van der Waals surface area contributed by atoms with Gasteiger partial charge < -0.3 is 14.7 Å². The molecule has 0 radical (unpaired) electrons. The quantitative estimate of drug-likeness (QED) is 0.697. The van der Waals surface area contributed by atoms with Crippen molar-refractivity contribution in [2.24, 2.45) is 5.92 Å². The third-order valence-corrected chi connectivity index (χ3v) is 6.99. The molecule has 2 atom stereocenters. The largest absolute Gasteiger partial charge is 0.481 e. The number of hydrogen-bond donors (Lipinski definition) is 1. The van der Waals surface area contributed by atoms with Crippen molar-refractivity contribution in [1.82, 2.24) is 19.7 Å². The van der Waals surface area contributed by atoms with Crippen LogP contribution in [0.2, 0.25) is 0 Å². The molecule has 1 N–H and O–H groups in total. The van der Waals surface area contributed by atoms with Gasteiger partial charge in [0.05, 0.1) is 43.0 Å². The molecular weight excluding hydrogens is 455 g/mol. The SMILES string of the molecule is Cc1cnn(C2COC2)c1C1CCN(c2cc(C3C(=O)CC3C(=O)O)nc(C(F)(F)F)n2)CC1. The number of piperidine rings is 1. The van der Waals surface area contributed by atoms with Crippen LogP contribution in [0.25, 0.3) is 0 Å². The minimum absolute atomic E-state index is 0.0669. The number of carboxylic acid groups (broad SMARTS) is 1. The van der Waals surface area contributed by atoms with Gasteiger partial charge in [-0.05, 0) is 25.3 Å². The van der Waals surface area contributed by atoms with E-state index >= 15 is 0 Å². The van der Waals surface area contributed by atoms with Crippen molar-refractivity contribution in [1.29, 1.82) is 0 Å². The summed E-state index contributed by atoms with van der Waals surface area (Å²) in [5.41, 5.74) is 2.04. The smallest absolute Gasteiger partial charge is 0.451 e. The molecule has 4 heterocycles. The van der Waals surface area contributed by atoms with E-state index in [4.69, 9.17) is 4.74 Å². The number of aryl methyl sites for hydroxylation is 1. The molecule has 3 aliphatic rings. The van der Waals surface area contributed by atoms with Gasteiger partial charge in [-0.15, -0.1) is 0 Å². The number of halogens is 3. The van der Waals surface area contributed by atoms with E-state index in [0.717, 1.165) is 11.3 Å². The van der Waals surface area contributed by atoms with Gasteiger partial charge in [0.25, 0.3) is 0 Å². The second-order valence-corrected chi connectivity index (χ2v) is 9.18. The summed E-state index contributed by atoms with van der Waals surface area (Å²) in [5.74, 6) is -4.98. The van der Waals surface area contributed by atoms with Crippen LogP contribution in [0.1, 0.15) is 59.9 Å². The number of carbonyl (C=O) groups excluding carboxylic acids is 1. The molecule has 0 spiro atoms. The third-order valence-electron chi connectivity index (χ3n) is 6.99. The molecule has 9 nitrogen and oxygen atoms in total. The van der Waals surface area contributed by atoms with Crippen LogP contribution in [-0.2, 0) is 20.5 Å². The van der Waals surface area contributed by atoms with E-state index in [-0.39, 0.29) is 29.9 Å². The number of aliphatic carboxylic acids is 1. The molecule has 182 valence electrons. The number of rotatable bonds is 5. The Bertz CT molecular complexity index is 1120. The monoisotopic (exact) mass is 479 g/mol. The lowest BCUT2D eigenvalue weighted by Crippen LogP contribution is -2.41. The Morgan fingerprint density at radius 1 is 1.21 bits per heavy atom. The van der Waals surface area contributed by atoms with Crippen LogP contribution in [0.3, 0.4) is 0 Å². The summed E-state index contributed by atoms with van der Waals surface area (Å²) in [6, 6.07) is 1.55. The molecule has 1 saturated carbocycles. The molecule has 3 fully saturated rings. The molecule has 0 aromatic carbocycles. The number of alkyl halides is 3. The van der Waals surface area contributed by atoms with Gasteiger partial charge in [-0.25, -0.2) is 9.97 Å². The topological polar surface area (TPSA) is 110 Å². The van der Waals surface area contributed by atoms with Crippen molar-refractivity contribution in [3.8, 4) is 0 Å². The Kier molecular flexibility index (Phi) is 5.58. The first-order valence-electron chi connectivity index (χ1n) is 11.2. The molecule has 12 heteroatoms. The highest BCUT2D eigenvalue weighted by atomic mass is 19.4. The van der Waals surface area contributed by atoms with Gasteiger partial charge in [-0.3, -0.25) is 14.3 Å². The maximum Gasteiger partial charge on any atom is 0.451 e. The van der Waals surface area contributed by atoms with Gasteiger partial charge in [0.1, 0.15) is 11.6 Å². The number of hydrogen-bond acceptors (Lipinski definition) is 7. The second kappa shape index (κ2) is 8.33. The average Bonchev–Trinajstić information content (AvgIpc) is 3.10. The van der Waals surface area contributed by atoms with Crippen LogP contribution in [0, 0.1) is 12.8 Å². The summed E-state index contributed by atoms with van der Waals surface area (Å²) in [4.78, 5) is 32.5. The van der Waals surface area contributed by atoms with E-state index in [1.165, 1.54) is 6.07 Å². The van der Waals surface area contributed by atoms with Crippen molar-refractivity contribution in [3.05, 3.63) is 35.0 Å². The van der Waals surface area contributed by atoms with Crippen LogP contribution in [0.4, 0.5) is 19.0 Å². The number of ether oxygens (including phenoxy) is 1. The van der Waals surface area contributed by atoms with Crippen molar-refractivity contribution in [2.75, 3.05) is 31.2 Å². The van der Waals surface area contributed by atoms with Gasteiger partial charge in [-0.1, -0.05) is 0 Å². The molecule has 2 aromatic rings. The Morgan fingerprint density at radius 3 is 2.47 bits per heavy atom. The Morgan fingerprint density at radius 2 is 1.91 bits per heavy atom. The van der Waals surface area contributed by atoms with Crippen LogP contribution in [0.5, 0.6) is 0 Å². The molecule has 1 aliphatic carbocycles. The number of carboxylic acids is 1. The summed E-state index contributed by atoms with van der Waals surface area (Å²) in [7, 11) is 0. The Labute approximate surface area is 192 Å². The van der Waals surface area contributed by atoms with E-state index in [1.54, 1.807) is 4.90 Å². The van der Waals surface area contributed by atoms with Crippen LogP contribution < -0.4 is 4.90 Å². The average molecular weight is 479 g/mol. The minimum atomic E-state index is -4.82. The number of nitrogens with zero attached hydrogens (tertiary/aromatic N) is 5. The predicted molar refractivity (Wildman–Crippen MR) is 112 cm³/mol. The number of Topliss-reactive ketones (excluding diaryl/α,β-unsaturated/α-hetero) is 1. The molecular formula is C22H24F3N5O4. The van der Waals surface area contributed by atoms with Crippen molar-refractivity contribution >= 4 is 17.6 Å². The molecule has 2 aromatic heterocycles. The highest BCUT2D eigenvalue weighted by Crippen LogP contribution is 2.41. The summed E-state index contributed by atoms with van der Waals surface area (Å²) < 4.78 is 47.9. The Hall–Kier alpha value is -3.02. The van der Waals surface area contributed by atoms with E-state index in [9.17, 15) is 27.9 Å². The highest BCUT2D eigenvalue weighted by Gasteiger charge is 2.48. The van der Waals surface area contributed by atoms with E-state index in [1.807, 2.05) is 17.8 Å². The predicted octanol–water partition coefficient (Wildman–Crippen LogP) is 2.71. The first-order valence-corrected chi connectivity index (χ1v) is 11.2. The lowest BCUT2D eigenvalue weighted by molar-refractivity contribution is -0.152. The fourth-order valence-electron chi connectivity index (χ4n) is 5.03. The fraction of sp³-hybridized carbons (Fsp3) is 0.591. The zero-order valence-electron chi connectivity index (χ0n) is 18.5. The first kappa shape index (κ1) is 22.8. The van der Waals surface area contributed by atoms with E-state index in [0.29, 0.717) is 39.1 Å². The lowest BCUT2D eigenvalue weighted by Gasteiger charge is -2.36. The molecule has 2 saturated heterocycles. The van der Waals surface area contributed by atoms with Crippen LogP contribution >= 0.6 is 0 Å². The Balaban J connectivity index is 1.39. The van der Waals surface area contributed by atoms with Crippen molar-refractivity contribution in [2.45, 2.75) is 50.2 Å². The van der Waals surface area contributed by atoms with E-state index in [2.05, 4.69) is 15.1 Å². The summed E-state index contributed by atoms with van der Waals surface area (Å²) >= 11 is 0. The van der Waals surface area contributed by atoms with Gasteiger partial charge in [-0.2, -0.15) is 18.3 Å². The summed E-state index contributed by atoms with van der Waals surface area (Å²) in [6.45, 7) is 4.17. The summed E-state index contributed by atoms with van der Waals surface area (Å²) in [5, 5.41) is 13.8. The maximum absolute atomic E-state index is 13.5. The fourth-order valence-corrected chi connectivity index (χ4v) is 5.03. The first-order chi connectivity index (χ1) is 16.1. The zero-order chi connectivity index (χ0) is 24.2. The second-order valence-electron chi connectivity index (χ2n) is 9.18. The van der Waals surface area contributed by atoms with Gasteiger partial charge in [0.2, 0.25) is 5.82 Å². The summed E-state index contributed by atoms with van der Waals surface area (Å²) in [6.07, 6.45) is -1.79. The number of anilines is 1. The molecule has 2 aliphatic heterocycles. The lowest BCUT2D eigenvalue weighted by atomic mass is 9.70. The standard InChI is InChI=1S/C22H24F3N5O4/c1-11-8-26-30(13-9-34-10-13)19(11)12-2-4-29(5-3-12)17-7-15(27-21(28-17)22(23,24)25)18-14(20(32)33)6-16(18)31/h7-8,12-14,18H,2-6,9-10H2,1H3,(H,32,33). The molecule has 34 heavy (non-hydrogen) atoms. The number of carbonyl (C=O) groups is 2. The van der Waals surface area contributed by atoms with Crippen molar-refractivity contribution in [3.63, 3.8) is 0 Å². The normalized spacial score (nSPS) is 24.1. The van der Waals surface area contributed by atoms with Crippen LogP contribution in [0.15, 0.2) is 12.3 Å². The van der Waals surface area contributed by atoms with E-state index < -0.39 is 35.6 Å². The number of aromatic nitrogens is 4. The minimum Gasteiger partial charge on any atom is -0.481 e. The van der Waals surface area contributed by atoms with Gasteiger partial charge >= 0.3 is 12.1 Å². The highest BCUT2D eigenvalue weighted by molar-refractivity contribution is 5.99. The molecule has 5 rings (SSSR count). The van der Waals surface area contributed by atoms with Gasteiger partial charge in [0, 0.05) is 37.2 Å². The molecule has 0 bridgehead atoms. The molecule has 2 unspecified atom stereocenters. The van der Waals surface area contributed by atoms with Crippen LogP contribution in [-0.4, -0.2) is 62.9 Å².